The Hall–Kier alpha value is -1.91. The SMILES string of the molecule is CCC(=O)OC/C=N/Nc1cc(F)ccc1C. The van der Waals surface area contributed by atoms with E-state index in [1.54, 1.807) is 13.0 Å². The van der Waals surface area contributed by atoms with Crippen molar-refractivity contribution in [2.75, 3.05) is 12.0 Å². The van der Waals surface area contributed by atoms with Gasteiger partial charge in [-0.3, -0.25) is 10.2 Å². The maximum atomic E-state index is 12.9. The minimum atomic E-state index is -0.328. The van der Waals surface area contributed by atoms with Crippen molar-refractivity contribution in [3.05, 3.63) is 29.6 Å². The topological polar surface area (TPSA) is 50.7 Å². The molecule has 1 aromatic carbocycles. The first-order valence-electron chi connectivity index (χ1n) is 5.32. The first kappa shape index (κ1) is 13.2. The van der Waals surface area contributed by atoms with E-state index in [-0.39, 0.29) is 18.4 Å². The fraction of sp³-hybridized carbons (Fsp3) is 0.333. The van der Waals surface area contributed by atoms with Crippen LogP contribution in [0.4, 0.5) is 10.1 Å². The van der Waals surface area contributed by atoms with Crippen LogP contribution in [0.5, 0.6) is 0 Å². The highest BCUT2D eigenvalue weighted by atomic mass is 19.1. The minimum absolute atomic E-state index is 0.105. The van der Waals surface area contributed by atoms with Crippen LogP contribution < -0.4 is 5.43 Å². The molecule has 0 unspecified atom stereocenters. The number of hydrazone groups is 1. The third-order valence-electron chi connectivity index (χ3n) is 2.08. The summed E-state index contributed by atoms with van der Waals surface area (Å²) in [7, 11) is 0. The lowest BCUT2D eigenvalue weighted by Gasteiger charge is -2.04. The van der Waals surface area contributed by atoms with Crippen molar-refractivity contribution < 1.29 is 13.9 Å². The molecule has 0 amide bonds. The third-order valence-corrected chi connectivity index (χ3v) is 2.08. The molecule has 0 aliphatic heterocycles. The van der Waals surface area contributed by atoms with Gasteiger partial charge in [0.2, 0.25) is 0 Å². The maximum absolute atomic E-state index is 12.9. The second-order valence-corrected chi connectivity index (χ2v) is 3.42. The molecule has 5 heteroatoms. The molecule has 0 bridgehead atoms. The van der Waals surface area contributed by atoms with Crippen molar-refractivity contribution in [3.8, 4) is 0 Å². The van der Waals surface area contributed by atoms with Gasteiger partial charge in [-0.15, -0.1) is 0 Å². The van der Waals surface area contributed by atoms with Gasteiger partial charge in [-0.2, -0.15) is 5.10 Å². The second-order valence-electron chi connectivity index (χ2n) is 3.42. The zero-order valence-electron chi connectivity index (χ0n) is 9.87. The minimum Gasteiger partial charge on any atom is -0.460 e. The van der Waals surface area contributed by atoms with E-state index in [1.807, 2.05) is 6.92 Å². The molecular weight excluding hydrogens is 223 g/mol. The average molecular weight is 238 g/mol. The Kier molecular flexibility index (Phi) is 5.13. The van der Waals surface area contributed by atoms with Gasteiger partial charge in [-0.1, -0.05) is 13.0 Å². The zero-order chi connectivity index (χ0) is 12.7. The summed E-state index contributed by atoms with van der Waals surface area (Å²) < 4.78 is 17.7. The van der Waals surface area contributed by atoms with Gasteiger partial charge in [0.25, 0.3) is 0 Å². The molecule has 0 spiro atoms. The van der Waals surface area contributed by atoms with Crippen molar-refractivity contribution in [1.29, 1.82) is 0 Å². The summed E-state index contributed by atoms with van der Waals surface area (Å²) in [4.78, 5) is 10.8. The number of rotatable bonds is 5. The van der Waals surface area contributed by atoms with Gasteiger partial charge >= 0.3 is 5.97 Å². The van der Waals surface area contributed by atoms with Gasteiger partial charge < -0.3 is 4.74 Å². The van der Waals surface area contributed by atoms with E-state index in [2.05, 4.69) is 10.5 Å². The monoisotopic (exact) mass is 238 g/mol. The molecule has 1 N–H and O–H groups in total. The molecule has 4 nitrogen and oxygen atoms in total. The lowest BCUT2D eigenvalue weighted by molar-refractivity contribution is -0.141. The van der Waals surface area contributed by atoms with Gasteiger partial charge in [-0.05, 0) is 24.6 Å². The number of halogens is 1. The number of esters is 1. The van der Waals surface area contributed by atoms with Crippen LogP contribution in [-0.4, -0.2) is 18.8 Å². The van der Waals surface area contributed by atoms with Crippen LogP contribution in [0.1, 0.15) is 18.9 Å². The highest BCUT2D eigenvalue weighted by Crippen LogP contribution is 2.15. The fourth-order valence-electron chi connectivity index (χ4n) is 1.10. The van der Waals surface area contributed by atoms with E-state index in [0.717, 1.165) is 5.56 Å². The van der Waals surface area contributed by atoms with Crippen LogP contribution in [0.15, 0.2) is 23.3 Å². The van der Waals surface area contributed by atoms with Crippen LogP contribution in [0.3, 0.4) is 0 Å². The van der Waals surface area contributed by atoms with Crippen LogP contribution in [0.25, 0.3) is 0 Å². The largest absolute Gasteiger partial charge is 0.460 e. The van der Waals surface area contributed by atoms with Gasteiger partial charge in [-0.25, -0.2) is 4.39 Å². The van der Waals surface area contributed by atoms with Crippen LogP contribution in [0.2, 0.25) is 0 Å². The van der Waals surface area contributed by atoms with Gasteiger partial charge in [0.15, 0.2) is 0 Å². The summed E-state index contributed by atoms with van der Waals surface area (Å²) >= 11 is 0. The second kappa shape index (κ2) is 6.62. The highest BCUT2D eigenvalue weighted by Gasteiger charge is 1.98. The Balaban J connectivity index is 2.42. The maximum Gasteiger partial charge on any atom is 0.305 e. The van der Waals surface area contributed by atoms with Crippen molar-refractivity contribution in [2.24, 2.45) is 5.10 Å². The first-order chi connectivity index (χ1) is 8.13. The quantitative estimate of drug-likeness (QED) is 0.487. The third kappa shape index (κ3) is 4.63. The van der Waals surface area contributed by atoms with Crippen molar-refractivity contribution >= 4 is 17.9 Å². The van der Waals surface area contributed by atoms with E-state index in [4.69, 9.17) is 4.74 Å². The predicted octanol–water partition coefficient (Wildman–Crippen LogP) is 2.49. The Bertz CT molecular complexity index is 419. The van der Waals surface area contributed by atoms with E-state index in [1.165, 1.54) is 18.3 Å². The number of nitrogens with zero attached hydrogens (tertiary/aromatic N) is 1. The van der Waals surface area contributed by atoms with Crippen LogP contribution in [-0.2, 0) is 9.53 Å². The number of carbonyl (C=O) groups excluding carboxylic acids is 1. The lowest BCUT2D eigenvalue weighted by atomic mass is 10.2. The van der Waals surface area contributed by atoms with Gasteiger partial charge in [0.05, 0.1) is 11.9 Å². The molecule has 0 aromatic heterocycles. The Labute approximate surface area is 99.5 Å². The average Bonchev–Trinajstić information content (AvgIpc) is 2.32. The number of aryl methyl sites for hydroxylation is 1. The lowest BCUT2D eigenvalue weighted by Crippen LogP contribution is -2.05. The van der Waals surface area contributed by atoms with Gasteiger partial charge in [0.1, 0.15) is 12.4 Å². The van der Waals surface area contributed by atoms with Crippen molar-refractivity contribution in [1.82, 2.24) is 0 Å². The smallest absolute Gasteiger partial charge is 0.305 e. The normalized spacial score (nSPS) is 10.5. The summed E-state index contributed by atoms with van der Waals surface area (Å²) in [5.74, 6) is -0.607. The molecule has 0 atom stereocenters. The number of nitrogens with one attached hydrogen (secondary N) is 1. The number of benzene rings is 1. The number of anilines is 1. The molecule has 0 radical (unpaired) electrons. The summed E-state index contributed by atoms with van der Waals surface area (Å²) in [6.07, 6.45) is 1.75. The predicted molar refractivity (Wildman–Crippen MR) is 64.5 cm³/mol. The molecule has 0 saturated heterocycles. The molecule has 0 heterocycles. The van der Waals surface area contributed by atoms with Crippen LogP contribution >= 0.6 is 0 Å². The summed E-state index contributed by atoms with van der Waals surface area (Å²) in [6, 6.07) is 4.39. The number of hydrogen-bond donors (Lipinski definition) is 1. The number of hydrogen-bond acceptors (Lipinski definition) is 4. The van der Waals surface area contributed by atoms with Crippen molar-refractivity contribution in [3.63, 3.8) is 0 Å². The van der Waals surface area contributed by atoms with E-state index in [0.29, 0.717) is 12.1 Å². The molecule has 1 aromatic rings. The fourth-order valence-corrected chi connectivity index (χ4v) is 1.10. The summed E-state index contributed by atoms with van der Waals surface area (Å²) in [6.45, 7) is 3.66. The molecule has 0 aliphatic rings. The summed E-state index contributed by atoms with van der Waals surface area (Å²) in [5, 5.41) is 3.83. The van der Waals surface area contributed by atoms with Crippen LogP contribution in [0, 0.1) is 12.7 Å². The molecule has 17 heavy (non-hydrogen) atoms. The first-order valence-corrected chi connectivity index (χ1v) is 5.32. The number of ether oxygens (including phenoxy) is 1. The number of carbonyl (C=O) groups is 1. The Morgan fingerprint density at radius 2 is 2.35 bits per heavy atom. The molecule has 0 aliphatic carbocycles. The molecule has 92 valence electrons. The van der Waals surface area contributed by atoms with E-state index in [9.17, 15) is 9.18 Å². The van der Waals surface area contributed by atoms with Crippen molar-refractivity contribution in [2.45, 2.75) is 20.3 Å². The molecule has 0 fully saturated rings. The highest BCUT2D eigenvalue weighted by molar-refractivity contribution is 5.72. The Morgan fingerprint density at radius 3 is 3.06 bits per heavy atom. The molecular formula is C12H15FN2O2. The van der Waals surface area contributed by atoms with E-state index >= 15 is 0 Å². The molecule has 1 rings (SSSR count). The zero-order valence-corrected chi connectivity index (χ0v) is 9.87. The van der Waals surface area contributed by atoms with Gasteiger partial charge in [0, 0.05) is 6.42 Å². The van der Waals surface area contributed by atoms with E-state index < -0.39 is 0 Å². The Morgan fingerprint density at radius 1 is 1.59 bits per heavy atom. The molecule has 0 saturated carbocycles. The standard InChI is InChI=1S/C12H15FN2O2/c1-3-12(16)17-7-6-14-15-11-8-10(13)5-4-9(11)2/h4-6,8,15H,3,7H2,1-2H3/b14-6+. The summed E-state index contributed by atoms with van der Waals surface area (Å²) in [5.41, 5.74) is 4.15.